The lowest BCUT2D eigenvalue weighted by molar-refractivity contribution is 0.183. The van der Waals surface area contributed by atoms with E-state index in [-0.39, 0.29) is 5.69 Å². The second-order valence-corrected chi connectivity index (χ2v) is 4.05. The lowest BCUT2D eigenvalue weighted by Gasteiger charge is -1.98. The Balaban J connectivity index is 2.63. The van der Waals surface area contributed by atoms with Crippen LogP contribution in [0.5, 0.6) is 0 Å². The predicted octanol–water partition coefficient (Wildman–Crippen LogP) is 3.32. The number of aliphatic imine (C=N–C) groups is 1. The van der Waals surface area contributed by atoms with Gasteiger partial charge in [-0.2, -0.15) is 9.37 Å². The van der Waals surface area contributed by atoms with Crippen LogP contribution in [0.25, 0.3) is 10.1 Å². The Morgan fingerprint density at radius 3 is 3.12 bits per heavy atom. The van der Waals surface area contributed by atoms with Crippen LogP contribution in [-0.2, 0) is 11.3 Å². The Morgan fingerprint density at radius 2 is 2.44 bits per heavy atom. The minimum Gasteiger partial charge on any atom is -0.378 e. The minimum atomic E-state index is -0.419. The number of isothiocyanates is 1. The Hall–Kier alpha value is -1.20. The second kappa shape index (κ2) is 4.76. The molecule has 0 fully saturated rings. The molecule has 0 atom stereocenters. The van der Waals surface area contributed by atoms with Crippen molar-refractivity contribution in [1.29, 1.82) is 0 Å². The van der Waals surface area contributed by atoms with Crippen molar-refractivity contribution in [3.05, 3.63) is 23.6 Å². The van der Waals surface area contributed by atoms with Gasteiger partial charge in [0, 0.05) is 12.5 Å². The molecule has 1 aromatic heterocycles. The third kappa shape index (κ3) is 2.01. The fraction of sp³-hybridized carbons (Fsp3) is 0.200. The van der Waals surface area contributed by atoms with Crippen molar-refractivity contribution in [2.45, 2.75) is 6.61 Å². The average molecular weight is 254 g/mol. The van der Waals surface area contributed by atoms with Crippen LogP contribution in [0.4, 0.5) is 10.1 Å². The molecule has 2 aromatic rings. The van der Waals surface area contributed by atoms with E-state index in [4.69, 9.17) is 4.74 Å². The Labute approximate surface area is 101 Å². The predicted molar refractivity (Wildman–Crippen MR) is 65.0 cm³/mol. The number of aromatic nitrogens is 1. The molecule has 0 aliphatic heterocycles. The maximum atomic E-state index is 13.5. The zero-order chi connectivity index (χ0) is 11.5. The Morgan fingerprint density at radius 1 is 1.62 bits per heavy atom. The van der Waals surface area contributed by atoms with Gasteiger partial charge in [0.1, 0.15) is 5.69 Å². The van der Waals surface area contributed by atoms with Crippen molar-refractivity contribution >= 4 is 44.7 Å². The SMILES string of the molecule is COCc1nsc2cc(F)c(N=C=S)cc12. The molecular formula is C10H7FN2OS2. The maximum absolute atomic E-state index is 13.5. The van der Waals surface area contributed by atoms with E-state index in [0.717, 1.165) is 15.8 Å². The molecule has 0 spiro atoms. The lowest BCUT2D eigenvalue weighted by atomic mass is 10.2. The van der Waals surface area contributed by atoms with E-state index in [9.17, 15) is 4.39 Å². The summed E-state index contributed by atoms with van der Waals surface area (Å²) in [6, 6.07) is 3.01. The number of halogens is 1. The van der Waals surface area contributed by atoms with Gasteiger partial charge in [-0.25, -0.2) is 4.39 Å². The highest BCUT2D eigenvalue weighted by Crippen LogP contribution is 2.30. The van der Waals surface area contributed by atoms with E-state index in [0.29, 0.717) is 6.61 Å². The van der Waals surface area contributed by atoms with Gasteiger partial charge in [-0.1, -0.05) is 0 Å². The first-order valence-corrected chi connectivity index (χ1v) is 5.59. The molecule has 1 aromatic carbocycles. The van der Waals surface area contributed by atoms with E-state index in [2.05, 4.69) is 26.7 Å². The van der Waals surface area contributed by atoms with Crippen LogP contribution in [0.2, 0.25) is 0 Å². The van der Waals surface area contributed by atoms with Gasteiger partial charge in [0.2, 0.25) is 0 Å². The monoisotopic (exact) mass is 254 g/mol. The molecule has 82 valence electrons. The number of rotatable bonds is 3. The van der Waals surface area contributed by atoms with Crippen LogP contribution in [-0.4, -0.2) is 16.6 Å². The van der Waals surface area contributed by atoms with E-state index in [1.54, 1.807) is 13.2 Å². The van der Waals surface area contributed by atoms with Crippen molar-refractivity contribution in [1.82, 2.24) is 4.37 Å². The normalized spacial score (nSPS) is 10.4. The van der Waals surface area contributed by atoms with Gasteiger partial charge in [0.05, 0.1) is 22.2 Å². The molecule has 0 aliphatic carbocycles. The van der Waals surface area contributed by atoms with Crippen LogP contribution in [0, 0.1) is 5.82 Å². The highest BCUT2D eigenvalue weighted by atomic mass is 32.1. The molecular weight excluding hydrogens is 247 g/mol. The average Bonchev–Trinajstić information content (AvgIpc) is 2.63. The van der Waals surface area contributed by atoms with Gasteiger partial charge in [-0.3, -0.25) is 0 Å². The molecule has 0 amide bonds. The number of nitrogens with zero attached hydrogens (tertiary/aromatic N) is 2. The van der Waals surface area contributed by atoms with Crippen LogP contribution in [0.1, 0.15) is 5.69 Å². The lowest BCUT2D eigenvalue weighted by Crippen LogP contribution is -1.87. The number of methoxy groups -OCH3 is 1. The molecule has 0 saturated carbocycles. The van der Waals surface area contributed by atoms with E-state index >= 15 is 0 Å². The van der Waals surface area contributed by atoms with Crippen molar-refractivity contribution < 1.29 is 9.13 Å². The smallest absolute Gasteiger partial charge is 0.151 e. The van der Waals surface area contributed by atoms with Crippen LogP contribution in [0.15, 0.2) is 17.1 Å². The molecule has 2 rings (SSSR count). The molecule has 0 N–H and O–H groups in total. The molecule has 1 heterocycles. The van der Waals surface area contributed by atoms with Gasteiger partial charge in [-0.15, -0.1) is 0 Å². The number of benzene rings is 1. The van der Waals surface area contributed by atoms with Crippen molar-refractivity contribution in [3.63, 3.8) is 0 Å². The molecule has 0 aliphatic rings. The largest absolute Gasteiger partial charge is 0.378 e. The minimum absolute atomic E-state index is 0.181. The summed E-state index contributed by atoms with van der Waals surface area (Å²) in [5, 5.41) is 3.00. The number of thiocarbonyl (C=S) groups is 1. The first-order valence-electron chi connectivity index (χ1n) is 4.41. The zero-order valence-corrected chi connectivity index (χ0v) is 9.99. The standard InChI is InChI=1S/C10H7FN2OS2/c1-14-4-9-6-2-8(12-5-15)7(11)3-10(6)16-13-9/h2-3H,4H2,1H3. The molecule has 3 nitrogen and oxygen atoms in total. The second-order valence-electron chi connectivity index (χ2n) is 3.07. The third-order valence-corrected chi connectivity index (χ3v) is 3.00. The first kappa shape index (κ1) is 11.3. The highest BCUT2D eigenvalue weighted by Gasteiger charge is 2.10. The third-order valence-electron chi connectivity index (χ3n) is 2.06. The van der Waals surface area contributed by atoms with Crippen LogP contribution in [0.3, 0.4) is 0 Å². The van der Waals surface area contributed by atoms with Crippen molar-refractivity contribution in [3.8, 4) is 0 Å². The molecule has 0 radical (unpaired) electrons. The van der Waals surface area contributed by atoms with Crippen LogP contribution < -0.4 is 0 Å². The van der Waals surface area contributed by atoms with E-state index in [1.807, 2.05) is 0 Å². The maximum Gasteiger partial charge on any atom is 0.151 e. The summed E-state index contributed by atoms with van der Waals surface area (Å²) in [6.45, 7) is 0.395. The summed E-state index contributed by atoms with van der Waals surface area (Å²) in [5.41, 5.74) is 0.961. The van der Waals surface area contributed by atoms with E-state index in [1.165, 1.54) is 17.6 Å². The molecule has 0 saturated heterocycles. The van der Waals surface area contributed by atoms with Crippen LogP contribution >= 0.6 is 23.8 Å². The van der Waals surface area contributed by atoms with Gasteiger partial charge in [0.15, 0.2) is 5.82 Å². The molecule has 0 unspecified atom stereocenters. The summed E-state index contributed by atoms with van der Waals surface area (Å²) in [6.07, 6.45) is 0. The van der Waals surface area contributed by atoms with Crippen molar-refractivity contribution in [2.24, 2.45) is 4.99 Å². The fourth-order valence-corrected chi connectivity index (χ4v) is 2.26. The Kier molecular flexibility index (Phi) is 3.36. The fourth-order valence-electron chi connectivity index (χ4n) is 1.37. The quantitative estimate of drug-likeness (QED) is 0.622. The zero-order valence-electron chi connectivity index (χ0n) is 8.36. The topological polar surface area (TPSA) is 34.5 Å². The summed E-state index contributed by atoms with van der Waals surface area (Å²) in [7, 11) is 1.59. The van der Waals surface area contributed by atoms with Gasteiger partial charge in [0.25, 0.3) is 0 Å². The number of ether oxygens (including phenoxy) is 1. The summed E-state index contributed by atoms with van der Waals surface area (Å²) >= 11 is 5.70. The summed E-state index contributed by atoms with van der Waals surface area (Å²) < 4.78 is 23.4. The molecule has 6 heteroatoms. The van der Waals surface area contributed by atoms with Gasteiger partial charge >= 0.3 is 0 Å². The van der Waals surface area contributed by atoms with Gasteiger partial charge < -0.3 is 4.74 Å². The number of hydrogen-bond acceptors (Lipinski definition) is 5. The number of hydrogen-bond donors (Lipinski definition) is 0. The first-order chi connectivity index (χ1) is 7.76. The molecule has 16 heavy (non-hydrogen) atoms. The molecule has 0 bridgehead atoms. The van der Waals surface area contributed by atoms with Gasteiger partial charge in [-0.05, 0) is 35.9 Å². The number of fused-ring (bicyclic) bond motifs is 1. The summed E-state index contributed by atoms with van der Waals surface area (Å²) in [5.74, 6) is -0.419. The Bertz CT molecular complexity index is 575. The van der Waals surface area contributed by atoms with Crippen molar-refractivity contribution in [2.75, 3.05) is 7.11 Å². The summed E-state index contributed by atoms with van der Waals surface area (Å²) in [4.78, 5) is 3.66. The van der Waals surface area contributed by atoms with E-state index < -0.39 is 5.82 Å². The highest BCUT2D eigenvalue weighted by molar-refractivity contribution is 7.78.